The summed E-state index contributed by atoms with van der Waals surface area (Å²) in [5.74, 6) is 0. The van der Waals surface area contributed by atoms with E-state index >= 15 is 0 Å². The van der Waals surface area contributed by atoms with Gasteiger partial charge >= 0.3 is 0 Å². The molecule has 2 aromatic rings. The van der Waals surface area contributed by atoms with E-state index in [0.29, 0.717) is 6.54 Å². The van der Waals surface area contributed by atoms with Crippen molar-refractivity contribution in [1.82, 2.24) is 9.78 Å². The quantitative estimate of drug-likeness (QED) is 0.780. The molecule has 0 amide bonds. The fourth-order valence-corrected chi connectivity index (χ4v) is 2.04. The van der Waals surface area contributed by atoms with Crippen molar-refractivity contribution >= 4 is 5.69 Å². The summed E-state index contributed by atoms with van der Waals surface area (Å²) in [6, 6.07) is 8.64. The van der Waals surface area contributed by atoms with Gasteiger partial charge in [0.05, 0.1) is 17.6 Å². The van der Waals surface area contributed by atoms with Crippen LogP contribution in [0.15, 0.2) is 30.5 Å². The summed E-state index contributed by atoms with van der Waals surface area (Å²) in [6.45, 7) is 3.71. The molecule has 0 spiro atoms. The number of aromatic nitrogens is 2. The third kappa shape index (κ3) is 3.58. The Morgan fingerprint density at radius 3 is 2.68 bits per heavy atom. The van der Waals surface area contributed by atoms with Crippen LogP contribution in [0.2, 0.25) is 0 Å². The Balaban J connectivity index is 2.10. The summed E-state index contributed by atoms with van der Waals surface area (Å²) in [5, 5.41) is 7.74. The van der Waals surface area contributed by atoms with E-state index in [-0.39, 0.29) is 0 Å². The van der Waals surface area contributed by atoms with Gasteiger partial charge in [-0.25, -0.2) is 0 Å². The highest BCUT2D eigenvalue weighted by Gasteiger charge is 2.08. The minimum Gasteiger partial charge on any atom is -0.382 e. The van der Waals surface area contributed by atoms with Crippen LogP contribution in [0, 0.1) is 6.92 Å². The summed E-state index contributed by atoms with van der Waals surface area (Å²) < 4.78 is 1.94. The lowest BCUT2D eigenvalue weighted by atomic mass is 10.1. The molecule has 4 heteroatoms. The lowest BCUT2D eigenvalue weighted by molar-refractivity contribution is 0.724. The van der Waals surface area contributed by atoms with Crippen molar-refractivity contribution in [2.24, 2.45) is 12.8 Å². The Labute approximate surface area is 114 Å². The van der Waals surface area contributed by atoms with Gasteiger partial charge in [0, 0.05) is 20.0 Å². The lowest BCUT2D eigenvalue weighted by Gasteiger charge is -2.09. The van der Waals surface area contributed by atoms with E-state index in [2.05, 4.69) is 41.6 Å². The minimum absolute atomic E-state index is 0.709. The zero-order chi connectivity index (χ0) is 13.7. The third-order valence-electron chi connectivity index (χ3n) is 3.25. The molecule has 0 unspecified atom stereocenters. The van der Waals surface area contributed by atoms with Crippen LogP contribution < -0.4 is 11.1 Å². The van der Waals surface area contributed by atoms with Crippen molar-refractivity contribution in [3.05, 3.63) is 47.3 Å². The average molecular weight is 258 g/mol. The Morgan fingerprint density at radius 2 is 2.00 bits per heavy atom. The molecule has 0 aliphatic rings. The molecule has 3 N–H and O–H groups in total. The SMILES string of the molecule is Cc1ccc(Cc2c(NCCCN)cnn2C)cc1. The molecule has 1 aromatic heterocycles. The van der Waals surface area contributed by atoms with Gasteiger partial charge in [-0.2, -0.15) is 5.10 Å². The van der Waals surface area contributed by atoms with Gasteiger partial charge in [-0.15, -0.1) is 0 Å². The van der Waals surface area contributed by atoms with Gasteiger partial charge in [-0.3, -0.25) is 4.68 Å². The predicted molar refractivity (Wildman–Crippen MR) is 79.4 cm³/mol. The van der Waals surface area contributed by atoms with Crippen LogP contribution in [0.25, 0.3) is 0 Å². The molecule has 0 saturated heterocycles. The smallest absolute Gasteiger partial charge is 0.0762 e. The van der Waals surface area contributed by atoms with Gasteiger partial charge < -0.3 is 11.1 Å². The summed E-state index contributed by atoms with van der Waals surface area (Å²) >= 11 is 0. The monoisotopic (exact) mass is 258 g/mol. The second-order valence-electron chi connectivity index (χ2n) is 4.86. The molecule has 1 heterocycles. The van der Waals surface area contributed by atoms with E-state index in [0.717, 1.165) is 25.1 Å². The van der Waals surface area contributed by atoms with Gasteiger partial charge in [-0.05, 0) is 25.5 Å². The first kappa shape index (κ1) is 13.6. The number of aryl methyl sites for hydroxylation is 2. The second kappa shape index (κ2) is 6.38. The van der Waals surface area contributed by atoms with Crippen LogP contribution >= 0.6 is 0 Å². The van der Waals surface area contributed by atoms with E-state index in [9.17, 15) is 0 Å². The molecular weight excluding hydrogens is 236 g/mol. The largest absolute Gasteiger partial charge is 0.382 e. The first-order valence-corrected chi connectivity index (χ1v) is 6.71. The predicted octanol–water partition coefficient (Wildman–Crippen LogP) is 2.08. The lowest BCUT2D eigenvalue weighted by Crippen LogP contribution is -2.10. The Bertz CT molecular complexity index is 513. The molecule has 0 saturated carbocycles. The zero-order valence-corrected chi connectivity index (χ0v) is 11.7. The molecule has 19 heavy (non-hydrogen) atoms. The number of hydrogen-bond donors (Lipinski definition) is 2. The highest BCUT2D eigenvalue weighted by atomic mass is 15.3. The van der Waals surface area contributed by atoms with Crippen molar-refractivity contribution in [1.29, 1.82) is 0 Å². The van der Waals surface area contributed by atoms with Gasteiger partial charge in [-0.1, -0.05) is 29.8 Å². The maximum atomic E-state index is 5.51. The fraction of sp³-hybridized carbons (Fsp3) is 0.400. The molecule has 0 atom stereocenters. The Hall–Kier alpha value is -1.81. The van der Waals surface area contributed by atoms with Crippen LogP contribution in [0.5, 0.6) is 0 Å². The highest BCUT2D eigenvalue weighted by molar-refractivity contribution is 5.48. The maximum Gasteiger partial charge on any atom is 0.0762 e. The number of hydrogen-bond acceptors (Lipinski definition) is 3. The molecule has 102 valence electrons. The molecule has 0 fully saturated rings. The molecule has 4 nitrogen and oxygen atoms in total. The summed E-state index contributed by atoms with van der Waals surface area (Å²) in [4.78, 5) is 0. The number of nitrogens with zero attached hydrogens (tertiary/aromatic N) is 2. The maximum absolute atomic E-state index is 5.51. The van der Waals surface area contributed by atoms with Crippen LogP contribution in [0.1, 0.15) is 23.2 Å². The zero-order valence-electron chi connectivity index (χ0n) is 11.7. The first-order valence-electron chi connectivity index (χ1n) is 6.71. The molecule has 0 aliphatic carbocycles. The van der Waals surface area contributed by atoms with Gasteiger partial charge in [0.25, 0.3) is 0 Å². The van der Waals surface area contributed by atoms with Crippen molar-refractivity contribution in [3.63, 3.8) is 0 Å². The van der Waals surface area contributed by atoms with Crippen molar-refractivity contribution in [3.8, 4) is 0 Å². The summed E-state index contributed by atoms with van der Waals surface area (Å²) in [6.07, 6.45) is 3.75. The average Bonchev–Trinajstić information content (AvgIpc) is 2.74. The van der Waals surface area contributed by atoms with Crippen molar-refractivity contribution < 1.29 is 0 Å². The summed E-state index contributed by atoms with van der Waals surface area (Å²) in [7, 11) is 1.98. The third-order valence-corrected chi connectivity index (χ3v) is 3.25. The standard InChI is InChI=1S/C15H22N4/c1-12-4-6-13(7-5-12)10-15-14(11-18-19(15)2)17-9-3-8-16/h4-7,11,17H,3,8-10,16H2,1-2H3. The highest BCUT2D eigenvalue weighted by Crippen LogP contribution is 2.18. The number of nitrogens with one attached hydrogen (secondary N) is 1. The van der Waals surface area contributed by atoms with Crippen molar-refractivity contribution in [2.75, 3.05) is 18.4 Å². The molecular formula is C15H22N4. The fourth-order valence-electron chi connectivity index (χ4n) is 2.04. The van der Waals surface area contributed by atoms with Crippen molar-refractivity contribution in [2.45, 2.75) is 19.8 Å². The molecule has 2 rings (SSSR count). The minimum atomic E-state index is 0.709. The number of anilines is 1. The topological polar surface area (TPSA) is 55.9 Å². The van der Waals surface area contributed by atoms with E-state index in [1.54, 1.807) is 0 Å². The Kier molecular flexibility index (Phi) is 4.58. The second-order valence-corrected chi connectivity index (χ2v) is 4.86. The number of nitrogens with two attached hydrogens (primary N) is 1. The molecule has 0 bridgehead atoms. The number of rotatable bonds is 6. The van der Waals surface area contributed by atoms with E-state index in [4.69, 9.17) is 5.73 Å². The van der Waals surface area contributed by atoms with Gasteiger partial charge in [0.2, 0.25) is 0 Å². The molecule has 1 aromatic carbocycles. The van der Waals surface area contributed by atoms with E-state index < -0.39 is 0 Å². The number of benzene rings is 1. The van der Waals surface area contributed by atoms with Crippen LogP contribution in [-0.2, 0) is 13.5 Å². The molecule has 0 aliphatic heterocycles. The normalized spacial score (nSPS) is 10.7. The van der Waals surface area contributed by atoms with Gasteiger partial charge in [0.15, 0.2) is 0 Å². The first-order chi connectivity index (χ1) is 9.20. The van der Waals surface area contributed by atoms with Gasteiger partial charge in [0.1, 0.15) is 0 Å². The van der Waals surface area contributed by atoms with Crippen LogP contribution in [0.3, 0.4) is 0 Å². The molecule has 0 radical (unpaired) electrons. The Morgan fingerprint density at radius 1 is 1.26 bits per heavy atom. The van der Waals surface area contributed by atoms with E-state index in [1.165, 1.54) is 16.8 Å². The van der Waals surface area contributed by atoms with E-state index in [1.807, 2.05) is 17.9 Å². The van der Waals surface area contributed by atoms with Crippen LogP contribution in [-0.4, -0.2) is 22.9 Å². The van der Waals surface area contributed by atoms with Crippen LogP contribution in [0.4, 0.5) is 5.69 Å². The summed E-state index contributed by atoms with van der Waals surface area (Å²) in [5.41, 5.74) is 10.4.